The summed E-state index contributed by atoms with van der Waals surface area (Å²) < 4.78 is 36.6. The summed E-state index contributed by atoms with van der Waals surface area (Å²) in [7, 11) is -4.14. The third-order valence-corrected chi connectivity index (χ3v) is 6.28. The van der Waals surface area contributed by atoms with Gasteiger partial charge in [0.05, 0.1) is 11.5 Å². The molecule has 2 N–H and O–H groups in total. The fraction of sp³-hybridized carbons (Fsp3) is 0.150. The van der Waals surface area contributed by atoms with Crippen LogP contribution in [0.5, 0.6) is 11.5 Å². The molecule has 1 aliphatic heterocycles. The van der Waals surface area contributed by atoms with Crippen LogP contribution in [0.15, 0.2) is 52.3 Å². The molecule has 1 aliphatic rings. The van der Waals surface area contributed by atoms with Crippen LogP contribution in [0.4, 0.5) is 5.69 Å². The summed E-state index contributed by atoms with van der Waals surface area (Å²) in [6.45, 7) is 3.39. The summed E-state index contributed by atoms with van der Waals surface area (Å²) in [5, 5.41) is 5.09. The quantitative estimate of drug-likeness (QED) is 0.354. The van der Waals surface area contributed by atoms with Crippen LogP contribution in [0.3, 0.4) is 0 Å². The van der Waals surface area contributed by atoms with Crippen molar-refractivity contribution in [2.75, 3.05) is 11.9 Å². The highest BCUT2D eigenvalue weighted by Gasteiger charge is 2.23. The van der Waals surface area contributed by atoms with E-state index in [0.717, 1.165) is 11.8 Å². The highest BCUT2D eigenvalue weighted by atomic mass is 32.2. The van der Waals surface area contributed by atoms with Crippen molar-refractivity contribution in [2.45, 2.75) is 18.7 Å². The number of benzene rings is 2. The second-order valence-corrected chi connectivity index (χ2v) is 9.50. The monoisotopic (exact) mass is 478 g/mol. The molecule has 0 aromatic heterocycles. The zero-order chi connectivity index (χ0) is 22.6. The van der Waals surface area contributed by atoms with Gasteiger partial charge in [-0.15, -0.1) is 0 Å². The second kappa shape index (κ2) is 9.50. The predicted molar refractivity (Wildman–Crippen MR) is 122 cm³/mol. The number of amides is 2. The molecule has 0 bridgehead atoms. The Morgan fingerprint density at radius 3 is 2.48 bits per heavy atom. The number of anilines is 1. The van der Waals surface area contributed by atoms with Crippen molar-refractivity contribution in [3.63, 3.8) is 0 Å². The summed E-state index contributed by atoms with van der Waals surface area (Å²) in [4.78, 5) is 23.3. The summed E-state index contributed by atoms with van der Waals surface area (Å²) in [5.74, 6) is -0.340. The zero-order valence-electron chi connectivity index (χ0n) is 16.5. The van der Waals surface area contributed by atoms with Gasteiger partial charge in [0.15, 0.2) is 11.5 Å². The van der Waals surface area contributed by atoms with Gasteiger partial charge in [-0.05, 0) is 55.0 Å². The molecule has 2 aromatic carbocycles. The molecule has 31 heavy (non-hydrogen) atoms. The first-order valence-electron chi connectivity index (χ1n) is 9.02. The standard InChI is InChI=1S/C20H18N2O6S3/c1-3-27-17-10-13(11-18-19(24)22-20(29)30-18)4-9-16(17)28-31(25,26)15-7-5-14(6-8-15)21-12(2)23/h4-11H,3H2,1-2H3,(H,21,23)(H,22,24,29)/b18-11+. The number of thiocarbonyl (C=S) groups is 1. The second-order valence-electron chi connectivity index (χ2n) is 6.23. The minimum atomic E-state index is -4.14. The van der Waals surface area contributed by atoms with Crippen molar-refractivity contribution in [3.05, 3.63) is 52.9 Å². The lowest BCUT2D eigenvalue weighted by atomic mass is 10.2. The summed E-state index contributed by atoms with van der Waals surface area (Å²) in [6, 6.07) is 10.2. The number of nitrogens with one attached hydrogen (secondary N) is 2. The normalized spacial score (nSPS) is 15.0. The van der Waals surface area contributed by atoms with Crippen LogP contribution in [0.25, 0.3) is 6.08 Å². The molecule has 0 spiro atoms. The number of hydrogen-bond donors (Lipinski definition) is 2. The average molecular weight is 479 g/mol. The molecule has 11 heteroatoms. The summed E-state index contributed by atoms with van der Waals surface area (Å²) in [6.07, 6.45) is 1.63. The van der Waals surface area contributed by atoms with Gasteiger partial charge in [-0.1, -0.05) is 30.0 Å². The topological polar surface area (TPSA) is 111 Å². The van der Waals surface area contributed by atoms with Gasteiger partial charge in [0.25, 0.3) is 5.91 Å². The molecule has 162 valence electrons. The van der Waals surface area contributed by atoms with Gasteiger partial charge in [-0.2, -0.15) is 8.42 Å². The fourth-order valence-corrected chi connectivity index (χ4v) is 4.58. The molecule has 1 saturated heterocycles. The lowest BCUT2D eigenvalue weighted by Gasteiger charge is -2.13. The maximum Gasteiger partial charge on any atom is 0.339 e. The Balaban J connectivity index is 1.86. The largest absolute Gasteiger partial charge is 0.490 e. The third kappa shape index (κ3) is 5.84. The van der Waals surface area contributed by atoms with Gasteiger partial charge in [-0.3, -0.25) is 9.59 Å². The first kappa shape index (κ1) is 22.8. The number of thioether (sulfide) groups is 1. The van der Waals surface area contributed by atoms with Crippen LogP contribution in [0, 0.1) is 0 Å². The maximum absolute atomic E-state index is 12.7. The average Bonchev–Trinajstić information content (AvgIpc) is 3.00. The van der Waals surface area contributed by atoms with Gasteiger partial charge in [0.2, 0.25) is 5.91 Å². The highest BCUT2D eigenvalue weighted by molar-refractivity contribution is 8.26. The van der Waals surface area contributed by atoms with E-state index in [-0.39, 0.29) is 34.8 Å². The van der Waals surface area contributed by atoms with Gasteiger partial charge in [-0.25, -0.2) is 0 Å². The van der Waals surface area contributed by atoms with Crippen LogP contribution in [-0.2, 0) is 19.7 Å². The molecule has 8 nitrogen and oxygen atoms in total. The van der Waals surface area contributed by atoms with Gasteiger partial charge < -0.3 is 19.6 Å². The SMILES string of the molecule is CCOc1cc(/C=C2/SC(=S)NC2=O)ccc1OS(=O)(=O)c1ccc(NC(C)=O)cc1. The molecule has 1 fully saturated rings. The van der Waals surface area contributed by atoms with Gasteiger partial charge in [0, 0.05) is 12.6 Å². The maximum atomic E-state index is 12.7. The molecule has 0 aliphatic carbocycles. The van der Waals surface area contributed by atoms with E-state index in [1.807, 2.05) is 0 Å². The van der Waals surface area contributed by atoms with Crippen LogP contribution in [0.2, 0.25) is 0 Å². The van der Waals surface area contributed by atoms with E-state index < -0.39 is 10.1 Å². The van der Waals surface area contributed by atoms with Gasteiger partial charge in [0.1, 0.15) is 9.22 Å². The number of carbonyl (C=O) groups excluding carboxylic acids is 2. The van der Waals surface area contributed by atoms with Crippen molar-refractivity contribution < 1.29 is 26.9 Å². The smallest absolute Gasteiger partial charge is 0.339 e. The van der Waals surface area contributed by atoms with E-state index in [4.69, 9.17) is 21.1 Å². The van der Waals surface area contributed by atoms with Crippen molar-refractivity contribution in [2.24, 2.45) is 0 Å². The number of carbonyl (C=O) groups is 2. The number of rotatable bonds is 7. The number of ether oxygens (including phenoxy) is 1. The Kier molecular flexibility index (Phi) is 6.98. The molecule has 0 atom stereocenters. The molecule has 0 unspecified atom stereocenters. The van der Waals surface area contributed by atoms with Crippen LogP contribution >= 0.6 is 24.0 Å². The molecule has 0 radical (unpaired) electrons. The lowest BCUT2D eigenvalue weighted by molar-refractivity contribution is -0.115. The minimum absolute atomic E-state index is 0.00832. The van der Waals surface area contributed by atoms with Gasteiger partial charge >= 0.3 is 10.1 Å². The molecule has 0 saturated carbocycles. The van der Waals surface area contributed by atoms with E-state index in [1.54, 1.807) is 25.1 Å². The van der Waals surface area contributed by atoms with Crippen LogP contribution in [0.1, 0.15) is 19.4 Å². The highest BCUT2D eigenvalue weighted by Crippen LogP contribution is 2.33. The molecule has 2 aromatic rings. The van der Waals surface area contributed by atoms with E-state index in [0.29, 0.717) is 20.5 Å². The first-order valence-corrected chi connectivity index (χ1v) is 11.6. The Bertz CT molecular complexity index is 1170. The molecular formula is C20H18N2O6S3. The Labute approximate surface area is 189 Å². The van der Waals surface area contributed by atoms with E-state index >= 15 is 0 Å². The molecule has 2 amide bonds. The van der Waals surface area contributed by atoms with E-state index in [9.17, 15) is 18.0 Å². The van der Waals surface area contributed by atoms with Crippen molar-refractivity contribution in [3.8, 4) is 11.5 Å². The molecule has 1 heterocycles. The Morgan fingerprint density at radius 1 is 1.19 bits per heavy atom. The molecular weight excluding hydrogens is 460 g/mol. The number of hydrogen-bond acceptors (Lipinski definition) is 8. The van der Waals surface area contributed by atoms with Crippen LogP contribution in [-0.4, -0.2) is 31.2 Å². The minimum Gasteiger partial charge on any atom is -0.490 e. The van der Waals surface area contributed by atoms with Crippen molar-refractivity contribution in [1.29, 1.82) is 0 Å². The lowest BCUT2D eigenvalue weighted by Crippen LogP contribution is -2.17. The summed E-state index contributed by atoms with van der Waals surface area (Å²) in [5.41, 5.74) is 1.09. The van der Waals surface area contributed by atoms with Crippen molar-refractivity contribution >= 4 is 62.0 Å². The summed E-state index contributed by atoms with van der Waals surface area (Å²) >= 11 is 6.11. The molecule has 3 rings (SSSR count). The third-order valence-electron chi connectivity index (χ3n) is 3.87. The van der Waals surface area contributed by atoms with E-state index in [1.165, 1.54) is 37.3 Å². The predicted octanol–water partition coefficient (Wildman–Crippen LogP) is 3.30. The Hall–Kier alpha value is -2.89. The van der Waals surface area contributed by atoms with E-state index in [2.05, 4.69) is 10.6 Å². The fourth-order valence-electron chi connectivity index (χ4n) is 2.60. The van der Waals surface area contributed by atoms with Crippen LogP contribution < -0.4 is 19.6 Å². The zero-order valence-corrected chi connectivity index (χ0v) is 18.9. The Morgan fingerprint density at radius 2 is 1.90 bits per heavy atom. The van der Waals surface area contributed by atoms with Crippen molar-refractivity contribution in [1.82, 2.24) is 5.32 Å². The first-order chi connectivity index (χ1) is 14.7.